The van der Waals surface area contributed by atoms with Gasteiger partial charge in [-0.05, 0) is 18.2 Å². The molecule has 0 unspecified atom stereocenters. The number of benzene rings is 2. The number of nitro benzene ring substituents is 1. The van der Waals surface area contributed by atoms with E-state index in [0.717, 1.165) is 38.8 Å². The smallest absolute Gasteiger partial charge is 0.270 e. The van der Waals surface area contributed by atoms with Crippen molar-refractivity contribution in [2.24, 2.45) is 5.14 Å². The SMILES string of the molecule is NS(=O)(=O)c1cc([N+](=O)[O-])ccc1NCCN1CCN(c2ccccc2)CC1. The third-order valence-electron chi connectivity index (χ3n) is 4.72. The standard InChI is InChI=1S/C18H23N5O4S/c19-28(26,27)18-14-16(23(24)25)6-7-17(18)20-8-9-21-10-12-22(13-11-21)15-4-2-1-3-5-15/h1-7,14,20H,8-13H2,(H2,19,26,27). The molecule has 0 bridgehead atoms. The summed E-state index contributed by atoms with van der Waals surface area (Å²) < 4.78 is 23.5. The van der Waals surface area contributed by atoms with Crippen LogP contribution in [-0.4, -0.2) is 57.5 Å². The summed E-state index contributed by atoms with van der Waals surface area (Å²) >= 11 is 0. The fraction of sp³-hybridized carbons (Fsp3) is 0.333. The van der Waals surface area contributed by atoms with Crippen LogP contribution in [0, 0.1) is 10.1 Å². The van der Waals surface area contributed by atoms with E-state index in [4.69, 9.17) is 5.14 Å². The van der Waals surface area contributed by atoms with Gasteiger partial charge in [0.2, 0.25) is 10.0 Å². The molecule has 3 rings (SSSR count). The van der Waals surface area contributed by atoms with E-state index in [2.05, 4.69) is 27.2 Å². The zero-order valence-electron chi connectivity index (χ0n) is 15.3. The monoisotopic (exact) mass is 405 g/mol. The van der Waals surface area contributed by atoms with Gasteiger partial charge in [-0.25, -0.2) is 13.6 Å². The first-order valence-corrected chi connectivity index (χ1v) is 10.5. The number of hydrogen-bond donors (Lipinski definition) is 2. The van der Waals surface area contributed by atoms with E-state index in [1.165, 1.54) is 17.8 Å². The molecular weight excluding hydrogens is 382 g/mol. The Morgan fingerprint density at radius 1 is 1.07 bits per heavy atom. The van der Waals surface area contributed by atoms with Gasteiger partial charge in [-0.1, -0.05) is 18.2 Å². The minimum atomic E-state index is -4.07. The summed E-state index contributed by atoms with van der Waals surface area (Å²) in [5, 5.41) is 19.1. The number of para-hydroxylation sites is 1. The minimum Gasteiger partial charge on any atom is -0.383 e. The molecule has 1 heterocycles. The number of non-ortho nitro benzene ring substituents is 1. The number of nitro groups is 1. The van der Waals surface area contributed by atoms with Gasteiger partial charge in [0, 0.05) is 57.1 Å². The highest BCUT2D eigenvalue weighted by molar-refractivity contribution is 7.89. The molecule has 1 aliphatic rings. The molecule has 3 N–H and O–H groups in total. The van der Waals surface area contributed by atoms with Crippen LogP contribution < -0.4 is 15.4 Å². The van der Waals surface area contributed by atoms with Crippen molar-refractivity contribution >= 4 is 27.1 Å². The van der Waals surface area contributed by atoms with E-state index in [-0.39, 0.29) is 16.3 Å². The molecule has 1 saturated heterocycles. The summed E-state index contributed by atoms with van der Waals surface area (Å²) in [5.41, 5.74) is 1.17. The summed E-state index contributed by atoms with van der Waals surface area (Å²) in [6.07, 6.45) is 0. The maximum Gasteiger partial charge on any atom is 0.270 e. The molecule has 0 amide bonds. The molecule has 0 saturated carbocycles. The molecule has 1 aliphatic heterocycles. The van der Waals surface area contributed by atoms with Crippen molar-refractivity contribution in [2.75, 3.05) is 49.5 Å². The Kier molecular flexibility index (Phi) is 6.12. The van der Waals surface area contributed by atoms with Crippen molar-refractivity contribution < 1.29 is 13.3 Å². The predicted octanol–water partition coefficient (Wildman–Crippen LogP) is 1.48. The Balaban J connectivity index is 1.55. The first kappa shape index (κ1) is 20.1. The second-order valence-corrected chi connectivity index (χ2v) is 8.10. The van der Waals surface area contributed by atoms with Gasteiger partial charge >= 0.3 is 0 Å². The van der Waals surface area contributed by atoms with Crippen LogP contribution in [0.5, 0.6) is 0 Å². The van der Waals surface area contributed by atoms with Crippen molar-refractivity contribution in [3.8, 4) is 0 Å². The number of sulfonamides is 1. The minimum absolute atomic E-state index is 0.268. The number of primary sulfonamides is 1. The number of nitrogens with zero attached hydrogens (tertiary/aromatic N) is 3. The second kappa shape index (κ2) is 8.55. The van der Waals surface area contributed by atoms with E-state index in [0.29, 0.717) is 6.54 Å². The summed E-state index contributed by atoms with van der Waals surface area (Å²) in [5.74, 6) is 0. The van der Waals surface area contributed by atoms with Gasteiger partial charge in [0.15, 0.2) is 0 Å². The van der Waals surface area contributed by atoms with Crippen LogP contribution in [0.4, 0.5) is 17.1 Å². The van der Waals surface area contributed by atoms with Gasteiger partial charge in [-0.15, -0.1) is 0 Å². The van der Waals surface area contributed by atoms with E-state index in [1.54, 1.807) is 0 Å². The first-order chi connectivity index (χ1) is 13.3. The van der Waals surface area contributed by atoms with Gasteiger partial charge in [0.05, 0.1) is 10.6 Å². The molecule has 28 heavy (non-hydrogen) atoms. The van der Waals surface area contributed by atoms with Gasteiger partial charge in [-0.3, -0.25) is 15.0 Å². The maximum absolute atomic E-state index is 11.8. The zero-order chi connectivity index (χ0) is 20.1. The fourth-order valence-corrected chi connectivity index (χ4v) is 3.95. The van der Waals surface area contributed by atoms with Gasteiger partial charge in [0.25, 0.3) is 5.69 Å². The van der Waals surface area contributed by atoms with Crippen LogP contribution in [0.25, 0.3) is 0 Å². The quantitative estimate of drug-likeness (QED) is 0.528. The first-order valence-electron chi connectivity index (χ1n) is 8.92. The Bertz CT molecular complexity index is 928. The third-order valence-corrected chi connectivity index (χ3v) is 5.67. The molecular formula is C18H23N5O4S. The lowest BCUT2D eigenvalue weighted by molar-refractivity contribution is -0.385. The van der Waals surface area contributed by atoms with E-state index >= 15 is 0 Å². The summed E-state index contributed by atoms with van der Waals surface area (Å²) in [7, 11) is -4.07. The highest BCUT2D eigenvalue weighted by Crippen LogP contribution is 2.25. The number of nitrogens with one attached hydrogen (secondary N) is 1. The van der Waals surface area contributed by atoms with Crippen LogP contribution in [0.1, 0.15) is 0 Å². The van der Waals surface area contributed by atoms with Crippen molar-refractivity contribution in [3.05, 3.63) is 58.6 Å². The van der Waals surface area contributed by atoms with Gasteiger partial charge < -0.3 is 10.2 Å². The lowest BCUT2D eigenvalue weighted by Crippen LogP contribution is -2.47. The van der Waals surface area contributed by atoms with Crippen LogP contribution in [0.15, 0.2) is 53.4 Å². The molecule has 10 heteroatoms. The Morgan fingerprint density at radius 2 is 1.75 bits per heavy atom. The molecule has 0 atom stereocenters. The molecule has 0 aromatic heterocycles. The van der Waals surface area contributed by atoms with Crippen molar-refractivity contribution in [1.29, 1.82) is 0 Å². The van der Waals surface area contributed by atoms with E-state index in [1.807, 2.05) is 18.2 Å². The highest BCUT2D eigenvalue weighted by atomic mass is 32.2. The molecule has 0 spiro atoms. The predicted molar refractivity (Wildman–Crippen MR) is 108 cm³/mol. The third kappa shape index (κ3) is 4.97. The van der Waals surface area contributed by atoms with Gasteiger partial charge in [-0.2, -0.15) is 0 Å². The molecule has 1 fully saturated rings. The number of anilines is 2. The Labute approximate surface area is 163 Å². The molecule has 2 aromatic rings. The molecule has 0 aliphatic carbocycles. The Hall–Kier alpha value is -2.69. The lowest BCUT2D eigenvalue weighted by Gasteiger charge is -2.36. The van der Waals surface area contributed by atoms with Crippen molar-refractivity contribution in [2.45, 2.75) is 4.90 Å². The zero-order valence-corrected chi connectivity index (χ0v) is 16.1. The largest absolute Gasteiger partial charge is 0.383 e. The maximum atomic E-state index is 11.8. The summed E-state index contributed by atoms with van der Waals surface area (Å²) in [6, 6.07) is 13.9. The molecule has 2 aromatic carbocycles. The normalized spacial score (nSPS) is 15.4. The summed E-state index contributed by atoms with van der Waals surface area (Å²) in [6.45, 7) is 4.88. The molecule has 150 valence electrons. The summed E-state index contributed by atoms with van der Waals surface area (Å²) in [4.78, 5) is 14.6. The van der Waals surface area contributed by atoms with E-state index < -0.39 is 14.9 Å². The van der Waals surface area contributed by atoms with Crippen LogP contribution >= 0.6 is 0 Å². The Morgan fingerprint density at radius 3 is 2.36 bits per heavy atom. The van der Waals surface area contributed by atoms with Crippen LogP contribution in [0.2, 0.25) is 0 Å². The van der Waals surface area contributed by atoms with Crippen molar-refractivity contribution in [3.63, 3.8) is 0 Å². The second-order valence-electron chi connectivity index (χ2n) is 6.57. The number of rotatable bonds is 7. The molecule has 9 nitrogen and oxygen atoms in total. The average molecular weight is 405 g/mol. The topological polar surface area (TPSA) is 122 Å². The number of piperazine rings is 1. The lowest BCUT2D eigenvalue weighted by atomic mass is 10.2. The van der Waals surface area contributed by atoms with E-state index in [9.17, 15) is 18.5 Å². The fourth-order valence-electron chi connectivity index (χ4n) is 3.22. The highest BCUT2D eigenvalue weighted by Gasteiger charge is 2.20. The van der Waals surface area contributed by atoms with Crippen molar-refractivity contribution in [1.82, 2.24) is 4.90 Å². The molecule has 0 radical (unpaired) electrons. The van der Waals surface area contributed by atoms with Crippen LogP contribution in [-0.2, 0) is 10.0 Å². The number of hydrogen-bond acceptors (Lipinski definition) is 7. The van der Waals surface area contributed by atoms with Gasteiger partial charge in [0.1, 0.15) is 4.90 Å². The average Bonchev–Trinajstić information content (AvgIpc) is 2.68. The van der Waals surface area contributed by atoms with Crippen LogP contribution in [0.3, 0.4) is 0 Å². The number of nitrogens with two attached hydrogens (primary N) is 1.